The van der Waals surface area contributed by atoms with Crippen LogP contribution >= 0.6 is 50.6 Å². The molecule has 4 nitrogen and oxygen atoms in total. The summed E-state index contributed by atoms with van der Waals surface area (Å²) in [6, 6.07) is 15.2. The summed E-state index contributed by atoms with van der Waals surface area (Å²) in [5.74, 6) is 0.181. The fraction of sp³-hybridized carbons (Fsp3) is 0.0500. The highest BCUT2D eigenvalue weighted by molar-refractivity contribution is 9.10. The normalized spacial score (nSPS) is 10.9. The van der Waals surface area contributed by atoms with Gasteiger partial charge < -0.3 is 5.32 Å². The van der Waals surface area contributed by atoms with Crippen molar-refractivity contribution in [2.45, 2.75) is 5.03 Å². The zero-order valence-electron chi connectivity index (χ0n) is 14.4. The zero-order valence-corrected chi connectivity index (χ0v) is 18.3. The second-order valence-electron chi connectivity index (χ2n) is 5.86. The molecule has 1 N–H and O–H groups in total. The summed E-state index contributed by atoms with van der Waals surface area (Å²) >= 11 is 12.4. The number of carbonyl (C=O) groups excluding carboxylic acids is 1. The third-order valence-electron chi connectivity index (χ3n) is 3.96. The number of anilines is 1. The Morgan fingerprint density at radius 2 is 1.86 bits per heavy atom. The topological polar surface area (TPSA) is 54.9 Å². The van der Waals surface area contributed by atoms with E-state index in [9.17, 15) is 4.79 Å². The molecule has 4 rings (SSSR count). The fourth-order valence-corrected chi connectivity index (χ4v) is 4.85. The standard InChI is InChI=1S/C20H13BrClN3OS2/c21-13-3-7-15(8-4-13)25-17(26)10-28-20-18-16(9-27-19(18)23-11-24-20)12-1-5-14(22)6-2-12/h1-9,11H,10H2,(H,25,26). The van der Waals surface area contributed by atoms with Crippen molar-refractivity contribution < 1.29 is 4.79 Å². The number of benzene rings is 2. The predicted molar refractivity (Wildman–Crippen MR) is 121 cm³/mol. The largest absolute Gasteiger partial charge is 0.325 e. The minimum atomic E-state index is -0.0812. The van der Waals surface area contributed by atoms with Crippen molar-refractivity contribution in [3.63, 3.8) is 0 Å². The van der Waals surface area contributed by atoms with Crippen molar-refractivity contribution in [2.75, 3.05) is 11.1 Å². The first kappa shape index (κ1) is 19.4. The van der Waals surface area contributed by atoms with Crippen LogP contribution in [-0.2, 0) is 4.79 Å². The second kappa shape index (κ2) is 8.61. The smallest absolute Gasteiger partial charge is 0.234 e. The SMILES string of the molecule is O=C(CSc1ncnc2scc(-c3ccc(Cl)cc3)c12)Nc1ccc(Br)cc1. The minimum Gasteiger partial charge on any atom is -0.325 e. The molecule has 0 spiro atoms. The lowest BCUT2D eigenvalue weighted by Crippen LogP contribution is -2.14. The Morgan fingerprint density at radius 1 is 1.11 bits per heavy atom. The van der Waals surface area contributed by atoms with Crippen LogP contribution < -0.4 is 5.32 Å². The average molecular weight is 491 g/mol. The lowest BCUT2D eigenvalue weighted by Gasteiger charge is -2.07. The van der Waals surface area contributed by atoms with Crippen molar-refractivity contribution in [3.05, 3.63) is 69.7 Å². The molecule has 2 heterocycles. The van der Waals surface area contributed by atoms with Crippen LogP contribution in [-0.4, -0.2) is 21.6 Å². The maximum atomic E-state index is 12.3. The maximum Gasteiger partial charge on any atom is 0.234 e. The summed E-state index contributed by atoms with van der Waals surface area (Å²) in [6.07, 6.45) is 1.54. The molecule has 2 aromatic heterocycles. The number of nitrogens with one attached hydrogen (secondary N) is 1. The number of hydrogen-bond acceptors (Lipinski definition) is 5. The van der Waals surface area contributed by atoms with Gasteiger partial charge in [-0.2, -0.15) is 0 Å². The van der Waals surface area contributed by atoms with Crippen LogP contribution in [0.4, 0.5) is 5.69 Å². The van der Waals surface area contributed by atoms with Gasteiger partial charge in [-0.3, -0.25) is 4.79 Å². The minimum absolute atomic E-state index is 0.0812. The van der Waals surface area contributed by atoms with Gasteiger partial charge in [0.15, 0.2) is 0 Å². The summed E-state index contributed by atoms with van der Waals surface area (Å²) < 4.78 is 0.968. The molecule has 0 saturated carbocycles. The molecule has 0 fully saturated rings. The third kappa shape index (κ3) is 4.38. The van der Waals surface area contributed by atoms with E-state index in [4.69, 9.17) is 11.6 Å². The molecule has 0 saturated heterocycles. The summed E-state index contributed by atoms with van der Waals surface area (Å²) in [4.78, 5) is 22.0. The molecule has 0 aliphatic heterocycles. The summed E-state index contributed by atoms with van der Waals surface area (Å²) in [5, 5.41) is 7.42. The Hall–Kier alpha value is -1.93. The Balaban J connectivity index is 1.55. The van der Waals surface area contributed by atoms with Gasteiger partial charge in [0.1, 0.15) is 16.2 Å². The predicted octanol–water partition coefficient (Wildman–Crippen LogP) is 6.51. The Labute approximate surface area is 183 Å². The van der Waals surface area contributed by atoms with Gasteiger partial charge in [-0.05, 0) is 42.0 Å². The molecule has 2 aromatic carbocycles. The average Bonchev–Trinajstić information content (AvgIpc) is 3.13. The molecule has 0 atom stereocenters. The number of nitrogens with zero attached hydrogens (tertiary/aromatic N) is 2. The fourth-order valence-electron chi connectivity index (χ4n) is 2.66. The van der Waals surface area contributed by atoms with Crippen molar-refractivity contribution >= 4 is 72.4 Å². The Bertz CT molecular complexity index is 1130. The Kier molecular flexibility index (Phi) is 5.96. The Morgan fingerprint density at radius 3 is 2.61 bits per heavy atom. The second-order valence-corrected chi connectivity index (χ2v) is 9.03. The van der Waals surface area contributed by atoms with Crippen molar-refractivity contribution in [2.24, 2.45) is 0 Å². The van der Waals surface area contributed by atoms with E-state index in [0.717, 1.165) is 36.5 Å². The summed E-state index contributed by atoms with van der Waals surface area (Å²) in [5.41, 5.74) is 2.86. The number of thioether (sulfide) groups is 1. The number of rotatable bonds is 5. The first-order valence-corrected chi connectivity index (χ1v) is 11.3. The van der Waals surface area contributed by atoms with Crippen LogP contribution in [0.3, 0.4) is 0 Å². The molecule has 0 bridgehead atoms. The van der Waals surface area contributed by atoms with Crippen LogP contribution in [0.5, 0.6) is 0 Å². The first-order valence-electron chi connectivity index (χ1n) is 8.26. The number of thiophene rings is 1. The number of aromatic nitrogens is 2. The number of hydrogen-bond donors (Lipinski definition) is 1. The van der Waals surface area contributed by atoms with E-state index in [1.165, 1.54) is 11.8 Å². The molecule has 0 radical (unpaired) electrons. The van der Waals surface area contributed by atoms with Crippen molar-refractivity contribution in [3.8, 4) is 11.1 Å². The lowest BCUT2D eigenvalue weighted by molar-refractivity contribution is -0.113. The first-order chi connectivity index (χ1) is 13.6. The van der Waals surface area contributed by atoms with Crippen LogP contribution in [0.1, 0.15) is 0 Å². The highest BCUT2D eigenvalue weighted by Gasteiger charge is 2.15. The molecule has 0 unspecified atom stereocenters. The van der Waals surface area contributed by atoms with E-state index in [0.29, 0.717) is 5.02 Å². The highest BCUT2D eigenvalue weighted by atomic mass is 79.9. The summed E-state index contributed by atoms with van der Waals surface area (Å²) in [6.45, 7) is 0. The molecule has 0 aliphatic carbocycles. The summed E-state index contributed by atoms with van der Waals surface area (Å²) in [7, 11) is 0. The molecule has 140 valence electrons. The van der Waals surface area contributed by atoms with Crippen LogP contribution in [0.25, 0.3) is 21.3 Å². The van der Waals surface area contributed by atoms with E-state index in [-0.39, 0.29) is 11.7 Å². The van der Waals surface area contributed by atoms with E-state index >= 15 is 0 Å². The number of halogens is 2. The van der Waals surface area contributed by atoms with Crippen LogP contribution in [0.2, 0.25) is 5.02 Å². The van der Waals surface area contributed by atoms with Gasteiger partial charge in [-0.15, -0.1) is 11.3 Å². The number of carbonyl (C=O) groups is 1. The molecule has 28 heavy (non-hydrogen) atoms. The van der Waals surface area contributed by atoms with Crippen LogP contribution in [0.15, 0.2) is 69.7 Å². The lowest BCUT2D eigenvalue weighted by atomic mass is 10.1. The molecule has 8 heteroatoms. The third-order valence-corrected chi connectivity index (χ3v) is 6.62. The molecule has 4 aromatic rings. The van der Waals surface area contributed by atoms with Gasteiger partial charge in [0, 0.05) is 26.1 Å². The van der Waals surface area contributed by atoms with Gasteiger partial charge in [-0.25, -0.2) is 9.97 Å². The van der Waals surface area contributed by atoms with E-state index < -0.39 is 0 Å². The monoisotopic (exact) mass is 489 g/mol. The molecular formula is C20H13BrClN3OS2. The van der Waals surface area contributed by atoms with Gasteiger partial charge in [-0.1, -0.05) is 51.4 Å². The van der Waals surface area contributed by atoms with Gasteiger partial charge in [0.2, 0.25) is 5.91 Å². The highest BCUT2D eigenvalue weighted by Crippen LogP contribution is 2.38. The number of fused-ring (bicyclic) bond motifs is 1. The van der Waals surface area contributed by atoms with E-state index in [2.05, 4.69) is 36.6 Å². The quantitative estimate of drug-likeness (QED) is 0.256. The number of amides is 1. The zero-order chi connectivity index (χ0) is 19.5. The van der Waals surface area contributed by atoms with Gasteiger partial charge in [0.25, 0.3) is 0 Å². The van der Waals surface area contributed by atoms with Gasteiger partial charge >= 0.3 is 0 Å². The molecule has 0 aliphatic rings. The molecule has 1 amide bonds. The van der Waals surface area contributed by atoms with Crippen LogP contribution in [0, 0.1) is 0 Å². The van der Waals surface area contributed by atoms with E-state index in [1.54, 1.807) is 17.7 Å². The van der Waals surface area contributed by atoms with Crippen molar-refractivity contribution in [1.29, 1.82) is 0 Å². The van der Waals surface area contributed by atoms with Gasteiger partial charge in [0.05, 0.1) is 11.1 Å². The van der Waals surface area contributed by atoms with Crippen molar-refractivity contribution in [1.82, 2.24) is 9.97 Å². The van der Waals surface area contributed by atoms with E-state index in [1.807, 2.05) is 48.5 Å². The maximum absolute atomic E-state index is 12.3. The molecular weight excluding hydrogens is 478 g/mol.